The van der Waals surface area contributed by atoms with E-state index in [9.17, 15) is 21.6 Å². The predicted molar refractivity (Wildman–Crippen MR) is 72.2 cm³/mol. The highest BCUT2D eigenvalue weighted by atomic mass is 32.2. The van der Waals surface area contributed by atoms with Gasteiger partial charge in [0.15, 0.2) is 9.84 Å². The normalized spacial score (nSPS) is 14.4. The van der Waals surface area contributed by atoms with E-state index in [2.05, 4.69) is 0 Å². The zero-order valence-electron chi connectivity index (χ0n) is 12.2. The summed E-state index contributed by atoms with van der Waals surface area (Å²) >= 11 is 0. The van der Waals surface area contributed by atoms with Gasteiger partial charge in [-0.05, 0) is 37.5 Å². The topological polar surface area (TPSA) is 34.1 Å². The summed E-state index contributed by atoms with van der Waals surface area (Å²) in [5.41, 5.74) is -1.57. The third kappa shape index (κ3) is 2.85. The maximum absolute atomic E-state index is 12.7. The lowest BCUT2D eigenvalue weighted by molar-refractivity contribution is -0.137. The molecule has 1 aromatic rings. The molecule has 0 radical (unpaired) electrons. The van der Waals surface area contributed by atoms with E-state index in [1.165, 1.54) is 19.9 Å². The molecule has 0 N–H and O–H groups in total. The van der Waals surface area contributed by atoms with Gasteiger partial charge in [0, 0.05) is 0 Å². The molecular formula is C14H19F3O2S. The maximum Gasteiger partial charge on any atom is 0.416 e. The summed E-state index contributed by atoms with van der Waals surface area (Å²) in [6.07, 6.45) is -4.56. The first-order valence-corrected chi connectivity index (χ1v) is 7.61. The van der Waals surface area contributed by atoms with Gasteiger partial charge in [-0.3, -0.25) is 0 Å². The predicted octanol–water partition coefficient (Wildman–Crippen LogP) is 4.30. The van der Waals surface area contributed by atoms with Crippen LogP contribution < -0.4 is 0 Å². The first-order valence-electron chi connectivity index (χ1n) is 6.13. The number of halogens is 3. The van der Waals surface area contributed by atoms with Gasteiger partial charge in [0.2, 0.25) is 0 Å². The van der Waals surface area contributed by atoms with Crippen LogP contribution in [0.3, 0.4) is 0 Å². The zero-order valence-corrected chi connectivity index (χ0v) is 13.0. The van der Waals surface area contributed by atoms with Crippen molar-refractivity contribution in [3.05, 3.63) is 29.8 Å². The fourth-order valence-corrected chi connectivity index (χ4v) is 3.47. The van der Waals surface area contributed by atoms with Crippen molar-refractivity contribution in [3.8, 4) is 0 Å². The average molecular weight is 308 g/mol. The zero-order chi connectivity index (χ0) is 16.0. The molecule has 20 heavy (non-hydrogen) atoms. The van der Waals surface area contributed by atoms with Crippen molar-refractivity contribution in [2.45, 2.75) is 50.4 Å². The summed E-state index contributed by atoms with van der Waals surface area (Å²) in [6.45, 7) is 8.31. The van der Waals surface area contributed by atoms with E-state index in [1.54, 1.807) is 20.8 Å². The van der Waals surface area contributed by atoms with Crippen molar-refractivity contribution in [1.29, 1.82) is 0 Å². The summed E-state index contributed by atoms with van der Waals surface area (Å²) in [4.78, 5) is -0.299. The van der Waals surface area contributed by atoms with E-state index in [4.69, 9.17) is 0 Å². The molecule has 6 heteroatoms. The van der Waals surface area contributed by atoms with Gasteiger partial charge in [-0.15, -0.1) is 0 Å². The fourth-order valence-electron chi connectivity index (χ4n) is 1.54. The molecule has 0 saturated heterocycles. The molecule has 0 bridgehead atoms. The van der Waals surface area contributed by atoms with Crippen LogP contribution >= 0.6 is 0 Å². The van der Waals surface area contributed by atoms with E-state index in [-0.39, 0.29) is 4.90 Å². The summed E-state index contributed by atoms with van der Waals surface area (Å²) in [6, 6.07) is 3.89. The van der Waals surface area contributed by atoms with E-state index >= 15 is 0 Å². The molecule has 0 atom stereocenters. The number of sulfone groups is 1. The standard InChI is InChI=1S/C14H19F3O2S/c1-12(2,3)13(4,5)20(18,19)11-8-6-7-10(9-11)14(15,16)17/h6-9H,1-5H3. The molecule has 0 unspecified atom stereocenters. The van der Waals surface area contributed by atoms with Crippen LogP contribution in [0.25, 0.3) is 0 Å². The van der Waals surface area contributed by atoms with E-state index in [0.717, 1.165) is 12.1 Å². The number of hydrogen-bond donors (Lipinski definition) is 0. The van der Waals surface area contributed by atoms with Crippen LogP contribution in [0.5, 0.6) is 0 Å². The highest BCUT2D eigenvalue weighted by molar-refractivity contribution is 7.92. The molecule has 0 aromatic heterocycles. The first kappa shape index (κ1) is 17.0. The molecule has 0 fully saturated rings. The highest BCUT2D eigenvalue weighted by Gasteiger charge is 2.45. The number of alkyl halides is 3. The maximum atomic E-state index is 12.7. The van der Waals surface area contributed by atoms with Crippen molar-refractivity contribution < 1.29 is 21.6 Å². The number of benzene rings is 1. The number of hydrogen-bond acceptors (Lipinski definition) is 2. The summed E-state index contributed by atoms with van der Waals surface area (Å²) in [7, 11) is -3.88. The lowest BCUT2D eigenvalue weighted by Gasteiger charge is -2.38. The molecule has 114 valence electrons. The summed E-state index contributed by atoms with van der Waals surface area (Å²) in [5.74, 6) is 0. The molecule has 2 nitrogen and oxygen atoms in total. The highest BCUT2D eigenvalue weighted by Crippen LogP contribution is 2.41. The number of rotatable bonds is 2. The Labute approximate surface area is 117 Å². The molecule has 0 heterocycles. The van der Waals surface area contributed by atoms with E-state index < -0.39 is 31.7 Å². The molecule has 0 aliphatic heterocycles. The monoisotopic (exact) mass is 308 g/mol. The third-order valence-corrected chi connectivity index (χ3v) is 6.78. The van der Waals surface area contributed by atoms with E-state index in [1.807, 2.05) is 0 Å². The Morgan fingerprint density at radius 2 is 1.45 bits per heavy atom. The quantitative estimate of drug-likeness (QED) is 0.816. The van der Waals surface area contributed by atoms with Crippen molar-refractivity contribution in [2.75, 3.05) is 0 Å². The Morgan fingerprint density at radius 3 is 1.85 bits per heavy atom. The third-order valence-electron chi connectivity index (χ3n) is 3.95. The Kier molecular flexibility index (Phi) is 4.05. The molecule has 0 amide bonds. The fraction of sp³-hybridized carbons (Fsp3) is 0.571. The Bertz CT molecular complexity index is 594. The van der Waals surface area contributed by atoms with Crippen molar-refractivity contribution in [1.82, 2.24) is 0 Å². The van der Waals surface area contributed by atoms with Gasteiger partial charge in [-0.2, -0.15) is 13.2 Å². The largest absolute Gasteiger partial charge is 0.416 e. The Morgan fingerprint density at radius 1 is 0.950 bits per heavy atom. The van der Waals surface area contributed by atoms with Crippen molar-refractivity contribution in [2.24, 2.45) is 5.41 Å². The first-order chi connectivity index (χ1) is 8.71. The second-order valence-corrected chi connectivity index (χ2v) is 8.79. The van der Waals surface area contributed by atoms with Gasteiger partial charge in [0.25, 0.3) is 0 Å². The van der Waals surface area contributed by atoms with Crippen LogP contribution in [-0.2, 0) is 16.0 Å². The van der Waals surface area contributed by atoms with Gasteiger partial charge in [0.05, 0.1) is 15.2 Å². The minimum absolute atomic E-state index is 0.299. The summed E-state index contributed by atoms with van der Waals surface area (Å²) in [5, 5.41) is 0. The average Bonchev–Trinajstić information content (AvgIpc) is 2.26. The van der Waals surface area contributed by atoms with Crippen molar-refractivity contribution in [3.63, 3.8) is 0 Å². The van der Waals surface area contributed by atoms with E-state index in [0.29, 0.717) is 6.07 Å². The molecule has 0 spiro atoms. The Hall–Kier alpha value is -1.04. The summed E-state index contributed by atoms with van der Waals surface area (Å²) < 4.78 is 62.1. The van der Waals surface area contributed by atoms with Crippen molar-refractivity contribution >= 4 is 9.84 Å². The smallest absolute Gasteiger partial charge is 0.223 e. The van der Waals surface area contributed by atoms with Gasteiger partial charge >= 0.3 is 6.18 Å². The molecule has 0 aliphatic rings. The van der Waals surface area contributed by atoms with Crippen LogP contribution in [0.4, 0.5) is 13.2 Å². The molecule has 0 saturated carbocycles. The van der Waals surface area contributed by atoms with Crippen LogP contribution in [0, 0.1) is 5.41 Å². The van der Waals surface area contributed by atoms with Crippen LogP contribution in [0.1, 0.15) is 40.2 Å². The van der Waals surface area contributed by atoms with Gasteiger partial charge in [-0.25, -0.2) is 8.42 Å². The van der Waals surface area contributed by atoms with Crippen LogP contribution in [0.15, 0.2) is 29.2 Å². The minimum Gasteiger partial charge on any atom is -0.223 e. The molecule has 0 aliphatic carbocycles. The lowest BCUT2D eigenvalue weighted by atomic mass is 9.83. The van der Waals surface area contributed by atoms with Gasteiger partial charge < -0.3 is 0 Å². The van der Waals surface area contributed by atoms with Crippen LogP contribution in [-0.4, -0.2) is 13.2 Å². The second-order valence-electron chi connectivity index (χ2n) is 6.29. The van der Waals surface area contributed by atoms with Crippen LogP contribution in [0.2, 0.25) is 0 Å². The lowest BCUT2D eigenvalue weighted by Crippen LogP contribution is -2.44. The Balaban J connectivity index is 3.46. The SMILES string of the molecule is CC(C)(C)C(C)(C)S(=O)(=O)c1cccc(C(F)(F)F)c1. The molecule has 1 aromatic carbocycles. The molecule has 1 rings (SSSR count). The van der Waals surface area contributed by atoms with Gasteiger partial charge in [0.1, 0.15) is 0 Å². The second kappa shape index (κ2) is 4.76. The van der Waals surface area contributed by atoms with Gasteiger partial charge in [-0.1, -0.05) is 26.8 Å². The minimum atomic E-state index is -4.56. The molecular weight excluding hydrogens is 289 g/mol.